The molecule has 0 spiro atoms. The van der Waals surface area contributed by atoms with Gasteiger partial charge in [0, 0.05) is 20.2 Å². The average molecular weight is 416 g/mol. The van der Waals surface area contributed by atoms with Crippen LogP contribution in [0, 0.1) is 3.57 Å². The molecule has 2 N–H and O–H groups in total. The molecule has 1 unspecified atom stereocenters. The van der Waals surface area contributed by atoms with E-state index < -0.39 is 0 Å². The predicted molar refractivity (Wildman–Crippen MR) is 96.9 cm³/mol. The van der Waals surface area contributed by atoms with Crippen molar-refractivity contribution in [1.82, 2.24) is 0 Å². The fourth-order valence-electron chi connectivity index (χ4n) is 2.02. The van der Waals surface area contributed by atoms with E-state index in [9.17, 15) is 0 Å². The van der Waals surface area contributed by atoms with Gasteiger partial charge >= 0.3 is 0 Å². The minimum absolute atomic E-state index is 0.102. The minimum atomic E-state index is 0.102. The van der Waals surface area contributed by atoms with Crippen molar-refractivity contribution >= 4 is 34.2 Å². The number of ether oxygens (including phenoxy) is 1. The molecule has 0 amide bonds. The second-order valence-electron chi connectivity index (χ2n) is 5.00. The average Bonchev–Trinajstić information content (AvgIpc) is 2.49. The summed E-state index contributed by atoms with van der Waals surface area (Å²) in [4.78, 5) is 0. The Labute approximate surface area is 144 Å². The van der Waals surface area contributed by atoms with Gasteiger partial charge in [0.1, 0.15) is 12.4 Å². The van der Waals surface area contributed by atoms with Crippen LogP contribution in [0.4, 0.5) is 0 Å². The summed E-state index contributed by atoms with van der Waals surface area (Å²) in [6.45, 7) is 2.61. The zero-order valence-corrected chi connectivity index (χ0v) is 14.9. The van der Waals surface area contributed by atoms with Crippen LogP contribution >= 0.6 is 34.2 Å². The van der Waals surface area contributed by atoms with E-state index in [1.807, 2.05) is 18.2 Å². The van der Waals surface area contributed by atoms with E-state index in [1.54, 1.807) is 0 Å². The first-order chi connectivity index (χ1) is 10.1. The van der Waals surface area contributed by atoms with E-state index in [2.05, 4.69) is 53.8 Å². The van der Waals surface area contributed by atoms with Gasteiger partial charge in [-0.15, -0.1) is 0 Å². The monoisotopic (exact) mass is 415 g/mol. The lowest BCUT2D eigenvalue weighted by Gasteiger charge is -2.16. The Hall–Kier alpha value is -0.780. The molecule has 0 aliphatic rings. The highest BCUT2D eigenvalue weighted by molar-refractivity contribution is 14.1. The van der Waals surface area contributed by atoms with Gasteiger partial charge in [0.25, 0.3) is 0 Å². The van der Waals surface area contributed by atoms with E-state index in [0.717, 1.165) is 34.7 Å². The Balaban J connectivity index is 2.12. The maximum atomic E-state index is 6.30. The Morgan fingerprint density at radius 3 is 2.57 bits per heavy atom. The van der Waals surface area contributed by atoms with Crippen LogP contribution < -0.4 is 10.5 Å². The van der Waals surface area contributed by atoms with E-state index in [0.29, 0.717) is 6.61 Å². The van der Waals surface area contributed by atoms with Gasteiger partial charge in [0.05, 0.1) is 0 Å². The standard InChI is InChI=1S/C17H19ClINO/c1-2-14(20)10-15-16(18)4-3-5-17(15)21-11-12-6-8-13(19)9-7-12/h3-9,14H,2,10-11,20H2,1H3. The second kappa shape index (κ2) is 8.01. The molecule has 4 heteroatoms. The Morgan fingerprint density at radius 1 is 1.19 bits per heavy atom. The molecule has 112 valence electrons. The molecule has 1 atom stereocenters. The van der Waals surface area contributed by atoms with Crippen LogP contribution in [0.15, 0.2) is 42.5 Å². The largest absolute Gasteiger partial charge is 0.489 e. The maximum absolute atomic E-state index is 6.30. The first-order valence-corrected chi connectivity index (χ1v) is 8.46. The van der Waals surface area contributed by atoms with Crippen LogP contribution in [0.25, 0.3) is 0 Å². The lowest BCUT2D eigenvalue weighted by molar-refractivity contribution is 0.302. The number of nitrogens with two attached hydrogens (primary N) is 1. The molecule has 0 bridgehead atoms. The van der Waals surface area contributed by atoms with Gasteiger partial charge in [-0.1, -0.05) is 36.7 Å². The molecule has 0 heterocycles. The van der Waals surface area contributed by atoms with Crippen LogP contribution in [0.5, 0.6) is 5.75 Å². The second-order valence-corrected chi connectivity index (χ2v) is 6.66. The molecule has 0 aliphatic carbocycles. The SMILES string of the molecule is CCC(N)Cc1c(Cl)cccc1OCc1ccc(I)cc1. The molecule has 0 aliphatic heterocycles. The topological polar surface area (TPSA) is 35.2 Å². The van der Waals surface area contributed by atoms with Crippen molar-refractivity contribution in [3.8, 4) is 5.75 Å². The summed E-state index contributed by atoms with van der Waals surface area (Å²) in [5.41, 5.74) is 8.19. The van der Waals surface area contributed by atoms with Crippen molar-refractivity contribution in [3.63, 3.8) is 0 Å². The molecule has 0 fully saturated rings. The van der Waals surface area contributed by atoms with Gasteiger partial charge in [-0.2, -0.15) is 0 Å². The zero-order valence-electron chi connectivity index (χ0n) is 12.0. The van der Waals surface area contributed by atoms with Gasteiger partial charge < -0.3 is 10.5 Å². The van der Waals surface area contributed by atoms with E-state index >= 15 is 0 Å². The maximum Gasteiger partial charge on any atom is 0.124 e. The summed E-state index contributed by atoms with van der Waals surface area (Å²) in [6, 6.07) is 14.1. The van der Waals surface area contributed by atoms with Gasteiger partial charge in [-0.05, 0) is 65.3 Å². The van der Waals surface area contributed by atoms with Crippen molar-refractivity contribution in [1.29, 1.82) is 0 Å². The molecule has 2 nitrogen and oxygen atoms in total. The summed E-state index contributed by atoms with van der Waals surface area (Å²) in [6.07, 6.45) is 1.65. The van der Waals surface area contributed by atoms with E-state index in [-0.39, 0.29) is 6.04 Å². The summed E-state index contributed by atoms with van der Waals surface area (Å²) in [7, 11) is 0. The summed E-state index contributed by atoms with van der Waals surface area (Å²) in [5, 5.41) is 0.721. The highest BCUT2D eigenvalue weighted by Gasteiger charge is 2.12. The van der Waals surface area contributed by atoms with Gasteiger partial charge in [-0.25, -0.2) is 0 Å². The normalized spacial score (nSPS) is 12.2. The van der Waals surface area contributed by atoms with Crippen LogP contribution in [0.1, 0.15) is 24.5 Å². The lowest BCUT2D eigenvalue weighted by Crippen LogP contribution is -2.22. The van der Waals surface area contributed by atoms with Crippen LogP contribution in [-0.2, 0) is 13.0 Å². The Kier molecular flexibility index (Phi) is 6.33. The van der Waals surface area contributed by atoms with Crippen LogP contribution in [-0.4, -0.2) is 6.04 Å². The number of hydrogen-bond acceptors (Lipinski definition) is 2. The molecular weight excluding hydrogens is 397 g/mol. The number of rotatable bonds is 6. The van der Waals surface area contributed by atoms with Crippen molar-refractivity contribution in [2.75, 3.05) is 0 Å². The van der Waals surface area contributed by atoms with Crippen LogP contribution in [0.3, 0.4) is 0 Å². The van der Waals surface area contributed by atoms with E-state index in [4.69, 9.17) is 22.1 Å². The number of halogens is 2. The van der Waals surface area contributed by atoms with E-state index in [1.165, 1.54) is 3.57 Å². The smallest absolute Gasteiger partial charge is 0.124 e. The molecule has 2 aromatic carbocycles. The third kappa shape index (κ3) is 4.87. The summed E-state index contributed by atoms with van der Waals surface area (Å²) < 4.78 is 7.16. The van der Waals surface area contributed by atoms with Gasteiger partial charge in [0.2, 0.25) is 0 Å². The third-order valence-corrected chi connectivity index (χ3v) is 4.45. The highest BCUT2D eigenvalue weighted by Crippen LogP contribution is 2.28. The zero-order chi connectivity index (χ0) is 15.2. The fourth-order valence-corrected chi connectivity index (χ4v) is 2.62. The Morgan fingerprint density at radius 2 is 1.90 bits per heavy atom. The minimum Gasteiger partial charge on any atom is -0.489 e. The number of hydrogen-bond donors (Lipinski definition) is 1. The molecule has 2 aromatic rings. The first-order valence-electron chi connectivity index (χ1n) is 7.00. The van der Waals surface area contributed by atoms with Crippen molar-refractivity contribution in [3.05, 3.63) is 62.2 Å². The third-order valence-electron chi connectivity index (χ3n) is 3.37. The van der Waals surface area contributed by atoms with Gasteiger partial charge in [0.15, 0.2) is 0 Å². The molecule has 2 rings (SSSR count). The first kappa shape index (κ1) is 16.6. The molecular formula is C17H19ClINO. The number of benzene rings is 2. The summed E-state index contributed by atoms with van der Waals surface area (Å²) >= 11 is 8.59. The fraction of sp³-hybridized carbons (Fsp3) is 0.294. The van der Waals surface area contributed by atoms with Crippen molar-refractivity contribution in [2.45, 2.75) is 32.4 Å². The van der Waals surface area contributed by atoms with Crippen LogP contribution in [0.2, 0.25) is 5.02 Å². The molecule has 0 radical (unpaired) electrons. The van der Waals surface area contributed by atoms with Crippen molar-refractivity contribution < 1.29 is 4.74 Å². The predicted octanol–water partition coefficient (Wildman–Crippen LogP) is 4.80. The quantitative estimate of drug-likeness (QED) is 0.688. The van der Waals surface area contributed by atoms with Gasteiger partial charge in [-0.3, -0.25) is 0 Å². The molecule has 21 heavy (non-hydrogen) atoms. The lowest BCUT2D eigenvalue weighted by atomic mass is 10.0. The highest BCUT2D eigenvalue weighted by atomic mass is 127. The summed E-state index contributed by atoms with van der Waals surface area (Å²) in [5.74, 6) is 0.824. The van der Waals surface area contributed by atoms with Crippen molar-refractivity contribution in [2.24, 2.45) is 5.73 Å². The molecule has 0 aromatic heterocycles. The molecule has 0 saturated heterocycles. The Bertz CT molecular complexity index is 586. The molecule has 0 saturated carbocycles.